The predicted molar refractivity (Wildman–Crippen MR) is 71.2 cm³/mol. The molecule has 0 aliphatic carbocycles. The van der Waals surface area contributed by atoms with Crippen LogP contribution >= 0.6 is 0 Å². The van der Waals surface area contributed by atoms with Gasteiger partial charge in [-0.15, -0.1) is 0 Å². The monoisotopic (exact) mass is 289 g/mol. The normalized spacial score (nSPS) is 13.1. The van der Waals surface area contributed by atoms with Crippen molar-refractivity contribution in [1.82, 2.24) is 4.72 Å². The number of hydrogen-bond donors (Lipinski definition) is 1. The standard InChI is InChI=1S/C12H19NO5S/c1-9(8-16-2)13-19(14,15)12-7-10(17-3)5-6-11(12)18-4/h5-7,9,13H,8H2,1-4H3. The number of ether oxygens (including phenoxy) is 3. The van der Waals surface area contributed by atoms with E-state index < -0.39 is 10.0 Å². The molecule has 0 saturated carbocycles. The van der Waals surface area contributed by atoms with Crippen LogP contribution in [-0.4, -0.2) is 42.4 Å². The molecular weight excluding hydrogens is 270 g/mol. The molecule has 0 aliphatic rings. The topological polar surface area (TPSA) is 73.9 Å². The third-order valence-electron chi connectivity index (χ3n) is 2.43. The van der Waals surface area contributed by atoms with E-state index in [9.17, 15) is 8.42 Å². The summed E-state index contributed by atoms with van der Waals surface area (Å²) < 4.78 is 42.0. The summed E-state index contributed by atoms with van der Waals surface area (Å²) in [7, 11) is 0.706. The second-order valence-corrected chi connectivity index (χ2v) is 5.68. The molecule has 1 aromatic rings. The van der Waals surface area contributed by atoms with Crippen LogP contribution in [-0.2, 0) is 14.8 Å². The molecule has 0 bridgehead atoms. The second kappa shape index (κ2) is 6.74. The molecule has 0 fully saturated rings. The van der Waals surface area contributed by atoms with Gasteiger partial charge in [-0.2, -0.15) is 0 Å². The van der Waals surface area contributed by atoms with Crippen molar-refractivity contribution in [3.05, 3.63) is 18.2 Å². The molecule has 7 heteroatoms. The van der Waals surface area contributed by atoms with E-state index in [0.717, 1.165) is 0 Å². The molecule has 0 heterocycles. The van der Waals surface area contributed by atoms with Gasteiger partial charge in [-0.25, -0.2) is 13.1 Å². The molecule has 1 N–H and O–H groups in total. The lowest BCUT2D eigenvalue weighted by atomic mass is 10.3. The Balaban J connectivity index is 3.11. The minimum atomic E-state index is -3.69. The van der Waals surface area contributed by atoms with Crippen molar-refractivity contribution >= 4 is 10.0 Å². The zero-order chi connectivity index (χ0) is 14.5. The first-order valence-corrected chi connectivity index (χ1v) is 7.16. The Kier molecular flexibility index (Phi) is 5.59. The number of methoxy groups -OCH3 is 3. The lowest BCUT2D eigenvalue weighted by Gasteiger charge is -2.15. The van der Waals surface area contributed by atoms with E-state index in [1.54, 1.807) is 19.1 Å². The van der Waals surface area contributed by atoms with Crippen molar-refractivity contribution < 1.29 is 22.6 Å². The maximum atomic E-state index is 12.3. The second-order valence-electron chi connectivity index (χ2n) is 3.99. The molecule has 0 amide bonds. The van der Waals surface area contributed by atoms with Crippen LogP contribution in [0.2, 0.25) is 0 Å². The van der Waals surface area contributed by atoms with Gasteiger partial charge in [0.05, 0.1) is 20.8 Å². The summed E-state index contributed by atoms with van der Waals surface area (Å²) in [5, 5.41) is 0. The Morgan fingerprint density at radius 3 is 2.42 bits per heavy atom. The number of nitrogens with one attached hydrogen (secondary N) is 1. The van der Waals surface area contributed by atoms with Crippen LogP contribution in [0, 0.1) is 0 Å². The summed E-state index contributed by atoms with van der Waals surface area (Å²) in [6.45, 7) is 2.00. The van der Waals surface area contributed by atoms with Crippen molar-refractivity contribution in [3.63, 3.8) is 0 Å². The summed E-state index contributed by atoms with van der Waals surface area (Å²) in [4.78, 5) is 0.0392. The lowest BCUT2D eigenvalue weighted by Crippen LogP contribution is -2.35. The first-order chi connectivity index (χ1) is 8.94. The smallest absolute Gasteiger partial charge is 0.244 e. The third kappa shape index (κ3) is 4.09. The zero-order valence-corrected chi connectivity index (χ0v) is 12.3. The maximum Gasteiger partial charge on any atom is 0.244 e. The van der Waals surface area contributed by atoms with E-state index in [4.69, 9.17) is 14.2 Å². The van der Waals surface area contributed by atoms with E-state index in [-0.39, 0.29) is 23.3 Å². The van der Waals surface area contributed by atoms with Crippen LogP contribution in [0.4, 0.5) is 0 Å². The van der Waals surface area contributed by atoms with Crippen molar-refractivity contribution in [2.45, 2.75) is 17.9 Å². The van der Waals surface area contributed by atoms with Crippen molar-refractivity contribution in [1.29, 1.82) is 0 Å². The Labute approximate surface area is 113 Å². The minimum absolute atomic E-state index is 0.0392. The molecule has 0 aliphatic heterocycles. The van der Waals surface area contributed by atoms with Crippen LogP contribution in [0.3, 0.4) is 0 Å². The van der Waals surface area contributed by atoms with Gasteiger partial charge in [-0.3, -0.25) is 0 Å². The van der Waals surface area contributed by atoms with Gasteiger partial charge in [-0.1, -0.05) is 0 Å². The van der Waals surface area contributed by atoms with E-state index in [0.29, 0.717) is 5.75 Å². The Morgan fingerprint density at radius 1 is 1.21 bits per heavy atom. The van der Waals surface area contributed by atoms with Gasteiger partial charge in [0.1, 0.15) is 16.4 Å². The first-order valence-electron chi connectivity index (χ1n) is 5.68. The van der Waals surface area contributed by atoms with Crippen LogP contribution < -0.4 is 14.2 Å². The zero-order valence-electron chi connectivity index (χ0n) is 11.5. The van der Waals surface area contributed by atoms with Gasteiger partial charge in [-0.05, 0) is 19.1 Å². The summed E-state index contributed by atoms with van der Waals surface area (Å²) >= 11 is 0. The average molecular weight is 289 g/mol. The molecule has 0 saturated heterocycles. The van der Waals surface area contributed by atoms with E-state index in [1.165, 1.54) is 27.4 Å². The Hall–Kier alpha value is -1.31. The van der Waals surface area contributed by atoms with Crippen molar-refractivity contribution in [2.24, 2.45) is 0 Å². The van der Waals surface area contributed by atoms with Gasteiger partial charge in [0, 0.05) is 19.2 Å². The number of benzene rings is 1. The summed E-state index contributed by atoms with van der Waals surface area (Å²) in [6, 6.07) is 4.26. The van der Waals surface area contributed by atoms with Crippen LogP contribution in [0.5, 0.6) is 11.5 Å². The van der Waals surface area contributed by atoms with Gasteiger partial charge in [0.15, 0.2) is 0 Å². The number of hydrogen-bond acceptors (Lipinski definition) is 5. The largest absolute Gasteiger partial charge is 0.497 e. The van der Waals surface area contributed by atoms with Gasteiger partial charge in [0.2, 0.25) is 10.0 Å². The quantitative estimate of drug-likeness (QED) is 0.811. The van der Waals surface area contributed by atoms with E-state index in [1.807, 2.05) is 0 Å². The Morgan fingerprint density at radius 2 is 1.89 bits per heavy atom. The molecule has 0 radical (unpaired) electrons. The van der Waals surface area contributed by atoms with E-state index in [2.05, 4.69) is 4.72 Å². The maximum absolute atomic E-state index is 12.3. The molecular formula is C12H19NO5S. The van der Waals surface area contributed by atoms with Gasteiger partial charge < -0.3 is 14.2 Å². The highest BCUT2D eigenvalue weighted by Gasteiger charge is 2.22. The number of sulfonamides is 1. The van der Waals surface area contributed by atoms with Crippen LogP contribution in [0.15, 0.2) is 23.1 Å². The van der Waals surface area contributed by atoms with E-state index >= 15 is 0 Å². The summed E-state index contributed by atoms with van der Waals surface area (Å²) in [5.74, 6) is 0.707. The molecule has 1 aromatic carbocycles. The third-order valence-corrected chi connectivity index (χ3v) is 4.04. The predicted octanol–water partition coefficient (Wildman–Crippen LogP) is 1.02. The van der Waals surface area contributed by atoms with Crippen LogP contribution in [0.1, 0.15) is 6.92 Å². The fraction of sp³-hybridized carbons (Fsp3) is 0.500. The minimum Gasteiger partial charge on any atom is -0.497 e. The molecule has 6 nitrogen and oxygen atoms in total. The highest BCUT2D eigenvalue weighted by molar-refractivity contribution is 7.89. The van der Waals surface area contributed by atoms with Gasteiger partial charge in [0.25, 0.3) is 0 Å². The highest BCUT2D eigenvalue weighted by Crippen LogP contribution is 2.28. The fourth-order valence-corrected chi connectivity index (χ4v) is 3.02. The molecule has 0 spiro atoms. The summed E-state index contributed by atoms with van der Waals surface area (Å²) in [5.41, 5.74) is 0. The summed E-state index contributed by atoms with van der Waals surface area (Å²) in [6.07, 6.45) is 0. The molecule has 1 unspecified atom stereocenters. The highest BCUT2D eigenvalue weighted by atomic mass is 32.2. The lowest BCUT2D eigenvalue weighted by molar-refractivity contribution is 0.180. The molecule has 108 valence electrons. The number of rotatable bonds is 7. The Bertz CT molecular complexity index is 515. The molecule has 19 heavy (non-hydrogen) atoms. The molecule has 1 rings (SSSR count). The van der Waals surface area contributed by atoms with Crippen LogP contribution in [0.25, 0.3) is 0 Å². The first kappa shape index (κ1) is 15.7. The molecule has 0 aromatic heterocycles. The molecule has 1 atom stereocenters. The fourth-order valence-electron chi connectivity index (χ4n) is 1.61. The SMILES string of the molecule is COCC(C)NS(=O)(=O)c1cc(OC)ccc1OC. The average Bonchev–Trinajstić information content (AvgIpc) is 2.37. The van der Waals surface area contributed by atoms with Gasteiger partial charge >= 0.3 is 0 Å². The van der Waals surface area contributed by atoms with Crippen molar-refractivity contribution in [3.8, 4) is 11.5 Å². The van der Waals surface area contributed by atoms with Crippen molar-refractivity contribution in [2.75, 3.05) is 27.9 Å².